The van der Waals surface area contributed by atoms with Crippen LogP contribution in [0.1, 0.15) is 22.3 Å². The number of aromatic nitrogens is 2. The molecule has 2 heterocycles. The number of carbonyl (C=O) groups excluding carboxylic acids is 1. The van der Waals surface area contributed by atoms with Crippen LogP contribution in [0.4, 0.5) is 14.7 Å². The number of benzene rings is 1. The summed E-state index contributed by atoms with van der Waals surface area (Å²) in [6.07, 6.45) is -0.271. The first-order valence-corrected chi connectivity index (χ1v) is 7.34. The Morgan fingerprint density at radius 2 is 1.61 bits per heavy atom. The van der Waals surface area contributed by atoms with Crippen molar-refractivity contribution in [2.45, 2.75) is 6.43 Å². The van der Waals surface area contributed by atoms with Crippen molar-refractivity contribution >= 4 is 11.9 Å². The van der Waals surface area contributed by atoms with E-state index in [9.17, 15) is 13.6 Å². The summed E-state index contributed by atoms with van der Waals surface area (Å²) in [5, 5.41) is 0. The molecule has 23 heavy (non-hydrogen) atoms. The predicted molar refractivity (Wildman–Crippen MR) is 81.5 cm³/mol. The van der Waals surface area contributed by atoms with E-state index >= 15 is 0 Å². The number of piperazine rings is 1. The fourth-order valence-electron chi connectivity index (χ4n) is 2.48. The maximum Gasteiger partial charge on any atom is 0.266 e. The first kappa shape index (κ1) is 15.3. The number of amides is 1. The Hall–Kier alpha value is -2.57. The summed E-state index contributed by atoms with van der Waals surface area (Å²) >= 11 is 0. The summed E-state index contributed by atoms with van der Waals surface area (Å²) in [6.45, 7) is 2.25. The predicted octanol–water partition coefficient (Wildman–Crippen LogP) is 2.38. The van der Waals surface area contributed by atoms with Crippen LogP contribution in [0.15, 0.2) is 42.7 Å². The second kappa shape index (κ2) is 6.68. The van der Waals surface area contributed by atoms with Crippen LogP contribution in [0.2, 0.25) is 0 Å². The Labute approximate surface area is 132 Å². The van der Waals surface area contributed by atoms with Crippen molar-refractivity contribution < 1.29 is 13.6 Å². The van der Waals surface area contributed by atoms with Crippen molar-refractivity contribution in [3.05, 3.63) is 53.9 Å². The Balaban J connectivity index is 1.61. The molecule has 0 saturated carbocycles. The highest BCUT2D eigenvalue weighted by Crippen LogP contribution is 2.19. The topological polar surface area (TPSA) is 49.3 Å². The van der Waals surface area contributed by atoms with Crippen LogP contribution in [-0.2, 0) is 0 Å². The van der Waals surface area contributed by atoms with E-state index in [0.29, 0.717) is 37.7 Å². The van der Waals surface area contributed by atoms with Crippen LogP contribution in [0, 0.1) is 0 Å². The molecule has 0 radical (unpaired) electrons. The fraction of sp³-hybridized carbons (Fsp3) is 0.312. The molecule has 0 unspecified atom stereocenters. The smallest absolute Gasteiger partial charge is 0.266 e. The average Bonchev–Trinajstić information content (AvgIpc) is 2.62. The molecule has 1 aliphatic heterocycles. The highest BCUT2D eigenvalue weighted by molar-refractivity contribution is 5.94. The van der Waals surface area contributed by atoms with E-state index in [1.54, 1.807) is 17.0 Å². The summed E-state index contributed by atoms with van der Waals surface area (Å²) in [5.74, 6) is 0.417. The van der Waals surface area contributed by atoms with Gasteiger partial charge in [0.1, 0.15) is 0 Å². The molecule has 0 spiro atoms. The first-order chi connectivity index (χ1) is 11.1. The lowest BCUT2D eigenvalue weighted by Crippen LogP contribution is -2.49. The fourth-order valence-corrected chi connectivity index (χ4v) is 2.48. The minimum absolute atomic E-state index is 0.000725. The van der Waals surface area contributed by atoms with Gasteiger partial charge in [0.25, 0.3) is 12.3 Å². The van der Waals surface area contributed by atoms with Crippen molar-refractivity contribution in [3.8, 4) is 0 Å². The zero-order valence-electron chi connectivity index (χ0n) is 12.4. The summed E-state index contributed by atoms with van der Waals surface area (Å²) in [4.78, 5) is 24.0. The van der Waals surface area contributed by atoms with Crippen LogP contribution in [0.3, 0.4) is 0 Å². The third-order valence-corrected chi connectivity index (χ3v) is 3.78. The van der Waals surface area contributed by atoms with Gasteiger partial charge in [0.2, 0.25) is 5.95 Å². The standard InChI is InChI=1S/C16H16F2N4O/c17-14(18)13-10-19-16(20-11-13)22-8-6-21(7-9-22)15(23)12-4-2-1-3-5-12/h1-5,10-11,14H,6-9H2. The van der Waals surface area contributed by atoms with Gasteiger partial charge in [-0.1, -0.05) is 18.2 Å². The third kappa shape index (κ3) is 3.44. The maximum atomic E-state index is 12.5. The Bertz CT molecular complexity index is 656. The van der Waals surface area contributed by atoms with Gasteiger partial charge < -0.3 is 9.80 Å². The van der Waals surface area contributed by atoms with E-state index in [4.69, 9.17) is 0 Å². The Morgan fingerprint density at radius 3 is 2.17 bits per heavy atom. The molecular weight excluding hydrogens is 302 g/mol. The number of nitrogens with zero attached hydrogens (tertiary/aromatic N) is 4. The van der Waals surface area contributed by atoms with Crippen LogP contribution in [0.25, 0.3) is 0 Å². The minimum atomic E-state index is -2.57. The van der Waals surface area contributed by atoms with Gasteiger partial charge in [-0.15, -0.1) is 0 Å². The van der Waals surface area contributed by atoms with Crippen LogP contribution in [0.5, 0.6) is 0 Å². The highest BCUT2D eigenvalue weighted by atomic mass is 19.3. The van der Waals surface area contributed by atoms with Gasteiger partial charge in [-0.3, -0.25) is 4.79 Å². The monoisotopic (exact) mass is 318 g/mol. The molecule has 1 aromatic heterocycles. The largest absolute Gasteiger partial charge is 0.337 e. The first-order valence-electron chi connectivity index (χ1n) is 7.34. The Kier molecular flexibility index (Phi) is 4.45. The summed E-state index contributed by atoms with van der Waals surface area (Å²) in [7, 11) is 0. The summed E-state index contributed by atoms with van der Waals surface area (Å²) in [6, 6.07) is 9.13. The van der Waals surface area contributed by atoms with Crippen LogP contribution in [-0.4, -0.2) is 47.0 Å². The molecule has 0 N–H and O–H groups in total. The number of rotatable bonds is 3. The second-order valence-corrected chi connectivity index (χ2v) is 5.26. The van der Waals surface area contributed by atoms with Gasteiger partial charge in [-0.25, -0.2) is 18.7 Å². The molecule has 0 atom stereocenters. The number of carbonyl (C=O) groups is 1. The van der Waals surface area contributed by atoms with E-state index in [1.807, 2.05) is 23.1 Å². The molecule has 0 aliphatic carbocycles. The molecule has 1 fully saturated rings. The van der Waals surface area contributed by atoms with Gasteiger partial charge in [-0.05, 0) is 12.1 Å². The highest BCUT2D eigenvalue weighted by Gasteiger charge is 2.23. The van der Waals surface area contributed by atoms with E-state index < -0.39 is 6.43 Å². The van der Waals surface area contributed by atoms with Crippen molar-refractivity contribution in [2.75, 3.05) is 31.1 Å². The Morgan fingerprint density at radius 1 is 1.00 bits per heavy atom. The minimum Gasteiger partial charge on any atom is -0.337 e. The summed E-state index contributed by atoms with van der Waals surface area (Å²) in [5.41, 5.74) is 0.477. The number of hydrogen-bond acceptors (Lipinski definition) is 4. The van der Waals surface area contributed by atoms with Crippen LogP contribution >= 0.6 is 0 Å². The molecular formula is C16H16F2N4O. The molecule has 3 rings (SSSR count). The quantitative estimate of drug-likeness (QED) is 0.872. The lowest BCUT2D eigenvalue weighted by atomic mass is 10.2. The van der Waals surface area contributed by atoms with Crippen molar-refractivity contribution in [1.29, 1.82) is 0 Å². The van der Waals surface area contributed by atoms with Gasteiger partial charge >= 0.3 is 0 Å². The molecule has 1 saturated heterocycles. The van der Waals surface area contributed by atoms with Crippen molar-refractivity contribution in [2.24, 2.45) is 0 Å². The average molecular weight is 318 g/mol. The number of anilines is 1. The van der Waals surface area contributed by atoms with Crippen molar-refractivity contribution in [1.82, 2.24) is 14.9 Å². The van der Waals surface area contributed by atoms with E-state index in [-0.39, 0.29) is 11.5 Å². The number of alkyl halides is 2. The molecule has 120 valence electrons. The molecule has 1 aromatic carbocycles. The second-order valence-electron chi connectivity index (χ2n) is 5.26. The molecule has 1 amide bonds. The number of hydrogen-bond donors (Lipinski definition) is 0. The maximum absolute atomic E-state index is 12.5. The van der Waals surface area contributed by atoms with Crippen molar-refractivity contribution in [3.63, 3.8) is 0 Å². The van der Waals surface area contributed by atoms with Gasteiger partial charge in [0.15, 0.2) is 0 Å². The lowest BCUT2D eigenvalue weighted by Gasteiger charge is -2.34. The van der Waals surface area contributed by atoms with E-state index in [1.165, 1.54) is 0 Å². The van der Waals surface area contributed by atoms with Gasteiger partial charge in [0.05, 0.1) is 5.56 Å². The molecule has 5 nitrogen and oxygen atoms in total. The lowest BCUT2D eigenvalue weighted by molar-refractivity contribution is 0.0746. The van der Waals surface area contributed by atoms with Gasteiger partial charge in [-0.2, -0.15) is 0 Å². The molecule has 0 bridgehead atoms. The number of halogens is 2. The third-order valence-electron chi connectivity index (χ3n) is 3.78. The van der Waals surface area contributed by atoms with E-state index in [0.717, 1.165) is 12.4 Å². The molecule has 2 aromatic rings. The van der Waals surface area contributed by atoms with E-state index in [2.05, 4.69) is 9.97 Å². The van der Waals surface area contributed by atoms with Crippen LogP contribution < -0.4 is 4.90 Å². The summed E-state index contributed by atoms with van der Waals surface area (Å²) < 4.78 is 25.0. The zero-order valence-corrected chi connectivity index (χ0v) is 12.4. The van der Waals surface area contributed by atoms with Gasteiger partial charge in [0, 0.05) is 44.1 Å². The molecule has 7 heteroatoms. The molecule has 1 aliphatic rings. The SMILES string of the molecule is O=C(c1ccccc1)N1CCN(c2ncc(C(F)F)cn2)CC1. The zero-order chi connectivity index (χ0) is 16.2. The normalized spacial score (nSPS) is 15.1.